The highest BCUT2D eigenvalue weighted by Crippen LogP contribution is 2.24. The Morgan fingerprint density at radius 2 is 1.93 bits per heavy atom. The number of rotatable bonds is 5. The van der Waals surface area contributed by atoms with Crippen LogP contribution >= 0.6 is 11.6 Å². The molecule has 4 rings (SSSR count). The Balaban J connectivity index is 1.96. The largest absolute Gasteiger partial charge is 0.329 e. The molecular formula is C16H16ClN5O4S. The molecule has 0 radical (unpaired) electrons. The number of aryl methyl sites for hydroxylation is 1. The van der Waals surface area contributed by atoms with Gasteiger partial charge in [-0.2, -0.15) is 4.98 Å². The Morgan fingerprint density at radius 3 is 2.56 bits per heavy atom. The van der Waals surface area contributed by atoms with E-state index in [9.17, 15) is 18.0 Å². The van der Waals surface area contributed by atoms with Gasteiger partial charge in [0.1, 0.15) is 0 Å². The Morgan fingerprint density at radius 1 is 1.26 bits per heavy atom. The first-order valence-electron chi connectivity index (χ1n) is 8.22. The third kappa shape index (κ3) is 3.31. The first kappa shape index (κ1) is 18.0. The molecule has 1 fully saturated rings. The number of H-pyrrole nitrogens is 1. The van der Waals surface area contributed by atoms with Gasteiger partial charge < -0.3 is 4.57 Å². The molecule has 0 aliphatic heterocycles. The zero-order valence-electron chi connectivity index (χ0n) is 14.3. The van der Waals surface area contributed by atoms with Crippen LogP contribution in [0.25, 0.3) is 11.2 Å². The topological polar surface area (TPSA) is 119 Å². The van der Waals surface area contributed by atoms with Gasteiger partial charge in [0.25, 0.3) is 15.6 Å². The van der Waals surface area contributed by atoms with Gasteiger partial charge in [-0.15, -0.1) is 0 Å². The van der Waals surface area contributed by atoms with Crippen LogP contribution in [0.1, 0.15) is 18.4 Å². The number of nitrogens with one attached hydrogen (secondary N) is 2. The van der Waals surface area contributed by atoms with Crippen LogP contribution in [0, 0.1) is 0 Å². The average molecular weight is 410 g/mol. The van der Waals surface area contributed by atoms with Crippen molar-refractivity contribution in [1.29, 1.82) is 0 Å². The Hall–Kier alpha value is -2.43. The summed E-state index contributed by atoms with van der Waals surface area (Å²) in [6, 6.07) is 6.68. The summed E-state index contributed by atoms with van der Waals surface area (Å²) >= 11 is 5.90. The summed E-state index contributed by atoms with van der Waals surface area (Å²) in [6.07, 6.45) is 1.52. The number of halogens is 1. The van der Waals surface area contributed by atoms with E-state index in [1.165, 1.54) is 11.6 Å². The van der Waals surface area contributed by atoms with Crippen LogP contribution in [0.2, 0.25) is 5.02 Å². The predicted octanol–water partition coefficient (Wildman–Crippen LogP) is 0.566. The lowest BCUT2D eigenvalue weighted by molar-refractivity contribution is 0.560. The number of hydrogen-bond acceptors (Lipinski definition) is 5. The second-order valence-corrected chi connectivity index (χ2v) is 8.54. The molecule has 142 valence electrons. The number of imidazole rings is 1. The van der Waals surface area contributed by atoms with Crippen molar-refractivity contribution in [2.24, 2.45) is 7.05 Å². The van der Waals surface area contributed by atoms with E-state index in [4.69, 9.17) is 11.6 Å². The Bertz CT molecular complexity index is 1250. The molecule has 2 N–H and O–H groups in total. The van der Waals surface area contributed by atoms with Crippen LogP contribution in [0.5, 0.6) is 0 Å². The number of sulfonamides is 1. The van der Waals surface area contributed by atoms with Crippen LogP contribution in [0.3, 0.4) is 0 Å². The highest BCUT2D eigenvalue weighted by molar-refractivity contribution is 7.89. The molecule has 1 saturated carbocycles. The highest BCUT2D eigenvalue weighted by Gasteiger charge is 2.32. The average Bonchev–Trinajstić information content (AvgIpc) is 3.31. The Kier molecular flexibility index (Phi) is 4.21. The number of nitrogens with zero attached hydrogens (tertiary/aromatic N) is 3. The molecule has 0 amide bonds. The van der Waals surface area contributed by atoms with Crippen molar-refractivity contribution in [3.63, 3.8) is 0 Å². The van der Waals surface area contributed by atoms with Crippen molar-refractivity contribution in [2.45, 2.75) is 30.6 Å². The van der Waals surface area contributed by atoms with Crippen LogP contribution in [-0.4, -0.2) is 33.6 Å². The number of aromatic nitrogens is 4. The van der Waals surface area contributed by atoms with Gasteiger partial charge in [0, 0.05) is 18.1 Å². The van der Waals surface area contributed by atoms with Gasteiger partial charge in [-0.1, -0.05) is 23.7 Å². The molecule has 0 unspecified atom stereocenters. The molecule has 2 aromatic heterocycles. The molecule has 9 nitrogen and oxygen atoms in total. The molecule has 0 spiro atoms. The molecule has 0 atom stereocenters. The zero-order chi connectivity index (χ0) is 19.3. The molecule has 1 aliphatic rings. The minimum atomic E-state index is -3.96. The Labute approximate surface area is 158 Å². The van der Waals surface area contributed by atoms with E-state index in [0.717, 1.165) is 23.0 Å². The fourth-order valence-corrected chi connectivity index (χ4v) is 4.37. The van der Waals surface area contributed by atoms with Gasteiger partial charge in [-0.05, 0) is 30.5 Å². The van der Waals surface area contributed by atoms with E-state index in [1.807, 2.05) is 0 Å². The van der Waals surface area contributed by atoms with E-state index in [0.29, 0.717) is 5.02 Å². The summed E-state index contributed by atoms with van der Waals surface area (Å²) in [5.41, 5.74) is -0.600. The van der Waals surface area contributed by atoms with E-state index in [1.54, 1.807) is 24.3 Å². The maximum absolute atomic E-state index is 12.8. The van der Waals surface area contributed by atoms with Gasteiger partial charge in [0.05, 0.1) is 6.54 Å². The standard InChI is InChI=1S/C16H16ClN5O4S/c1-21-13-12(14(23)19-15(21)24)22(8-9-2-4-10(17)5-3-9)16(18-13)27(25,26)20-11-6-7-11/h2-5,11,20H,6-8H2,1H3,(H,19,23,24). The van der Waals surface area contributed by atoms with E-state index < -0.39 is 21.3 Å². The maximum Gasteiger partial charge on any atom is 0.329 e. The fraction of sp³-hybridized carbons (Fsp3) is 0.312. The van der Waals surface area contributed by atoms with Crippen molar-refractivity contribution < 1.29 is 8.42 Å². The minimum Gasteiger partial charge on any atom is -0.303 e. The predicted molar refractivity (Wildman–Crippen MR) is 99.5 cm³/mol. The zero-order valence-corrected chi connectivity index (χ0v) is 15.8. The summed E-state index contributed by atoms with van der Waals surface area (Å²) in [5, 5.41) is 0.240. The molecule has 3 aromatic rings. The second kappa shape index (κ2) is 6.32. The summed E-state index contributed by atoms with van der Waals surface area (Å²) in [6.45, 7) is 0.0792. The van der Waals surface area contributed by atoms with Gasteiger partial charge in [0.15, 0.2) is 11.2 Å². The highest BCUT2D eigenvalue weighted by atomic mass is 35.5. The summed E-state index contributed by atoms with van der Waals surface area (Å²) in [5.74, 6) is 0. The molecule has 1 aliphatic carbocycles. The SMILES string of the molecule is Cn1c(=O)[nH]c(=O)c2c1nc(S(=O)(=O)NC1CC1)n2Cc1ccc(Cl)cc1. The van der Waals surface area contributed by atoms with Crippen LogP contribution in [0.4, 0.5) is 0 Å². The maximum atomic E-state index is 12.8. The summed E-state index contributed by atoms with van der Waals surface area (Å²) in [7, 11) is -2.53. The minimum absolute atomic E-state index is 0.00823. The van der Waals surface area contributed by atoms with Crippen molar-refractivity contribution in [3.05, 3.63) is 55.7 Å². The molecular weight excluding hydrogens is 394 g/mol. The van der Waals surface area contributed by atoms with Gasteiger partial charge in [0.2, 0.25) is 5.16 Å². The first-order chi connectivity index (χ1) is 12.8. The lowest BCUT2D eigenvalue weighted by Gasteiger charge is -2.10. The third-order valence-corrected chi connectivity index (χ3v) is 6.05. The monoisotopic (exact) mass is 409 g/mol. The van der Waals surface area contributed by atoms with Crippen LogP contribution < -0.4 is 16.0 Å². The van der Waals surface area contributed by atoms with Crippen molar-refractivity contribution in [3.8, 4) is 0 Å². The quantitative estimate of drug-likeness (QED) is 0.638. The summed E-state index contributed by atoms with van der Waals surface area (Å²) < 4.78 is 30.6. The van der Waals surface area contributed by atoms with E-state index in [2.05, 4.69) is 14.7 Å². The van der Waals surface area contributed by atoms with Gasteiger partial charge >= 0.3 is 5.69 Å². The molecule has 0 saturated heterocycles. The number of hydrogen-bond donors (Lipinski definition) is 2. The molecule has 11 heteroatoms. The van der Waals surface area contributed by atoms with Crippen molar-refractivity contribution in [1.82, 2.24) is 23.8 Å². The van der Waals surface area contributed by atoms with E-state index >= 15 is 0 Å². The second-order valence-electron chi connectivity index (χ2n) is 6.49. The van der Waals surface area contributed by atoms with Gasteiger partial charge in [-0.25, -0.2) is 17.9 Å². The summed E-state index contributed by atoms with van der Waals surface area (Å²) in [4.78, 5) is 30.6. The molecule has 1 aromatic carbocycles. The normalized spacial score (nSPS) is 14.7. The first-order valence-corrected chi connectivity index (χ1v) is 10.1. The van der Waals surface area contributed by atoms with Crippen LogP contribution in [-0.2, 0) is 23.6 Å². The van der Waals surface area contributed by atoms with Crippen molar-refractivity contribution >= 4 is 32.8 Å². The lowest BCUT2D eigenvalue weighted by atomic mass is 10.2. The molecule has 0 bridgehead atoms. The van der Waals surface area contributed by atoms with Crippen LogP contribution in [0.15, 0.2) is 39.0 Å². The lowest BCUT2D eigenvalue weighted by Crippen LogP contribution is -2.30. The van der Waals surface area contributed by atoms with Gasteiger partial charge in [-0.3, -0.25) is 14.3 Å². The molecule has 27 heavy (non-hydrogen) atoms. The number of fused-ring (bicyclic) bond motifs is 1. The number of benzene rings is 1. The third-order valence-electron chi connectivity index (χ3n) is 4.37. The number of aromatic amines is 1. The van der Waals surface area contributed by atoms with Crippen molar-refractivity contribution in [2.75, 3.05) is 0 Å². The fourth-order valence-electron chi connectivity index (χ4n) is 2.81. The smallest absolute Gasteiger partial charge is 0.303 e. The molecule has 2 heterocycles. The van der Waals surface area contributed by atoms with E-state index in [-0.39, 0.29) is 28.9 Å².